The van der Waals surface area contributed by atoms with Gasteiger partial charge in [-0.05, 0) is 24.3 Å². The van der Waals surface area contributed by atoms with Crippen LogP contribution in [0.4, 0.5) is 5.13 Å². The number of amides is 1. The highest BCUT2D eigenvalue weighted by Crippen LogP contribution is 2.39. The summed E-state index contributed by atoms with van der Waals surface area (Å²) in [6.07, 6.45) is 1.59. The Hall–Kier alpha value is -2.05. The van der Waals surface area contributed by atoms with Crippen LogP contribution in [-0.4, -0.2) is 18.0 Å². The summed E-state index contributed by atoms with van der Waals surface area (Å²) in [5.41, 5.74) is 0.658. The lowest BCUT2D eigenvalue weighted by molar-refractivity contribution is -0.121. The molecule has 0 aliphatic heterocycles. The smallest absolute Gasteiger partial charge is 0.231 e. The Labute approximate surface area is 148 Å². The average molecular weight is 365 g/mol. The van der Waals surface area contributed by atoms with Crippen molar-refractivity contribution in [3.05, 3.63) is 41.3 Å². The first-order valence-electron chi connectivity index (χ1n) is 7.48. The van der Waals surface area contributed by atoms with Crippen molar-refractivity contribution in [1.29, 1.82) is 0 Å². The number of ether oxygens (including phenoxy) is 1. The number of methoxy groups -OCH3 is 1. The highest BCUT2D eigenvalue weighted by molar-refractivity contribution is 7.23. The van der Waals surface area contributed by atoms with Crippen LogP contribution in [0.25, 0.3) is 10.2 Å². The molecule has 3 rings (SSSR count). The molecule has 0 radical (unpaired) electrons. The monoisotopic (exact) mass is 364 g/mol. The predicted molar refractivity (Wildman–Crippen MR) is 95.9 cm³/mol. The van der Waals surface area contributed by atoms with Crippen molar-refractivity contribution < 1.29 is 13.9 Å². The molecule has 0 saturated carbocycles. The van der Waals surface area contributed by atoms with E-state index in [1.54, 1.807) is 36.5 Å². The first-order chi connectivity index (χ1) is 11.5. The third-order valence-corrected chi connectivity index (χ3v) is 5.09. The van der Waals surface area contributed by atoms with Crippen LogP contribution in [0, 0.1) is 5.92 Å². The van der Waals surface area contributed by atoms with E-state index in [1.165, 1.54) is 11.3 Å². The number of nitrogens with zero attached hydrogens (tertiary/aromatic N) is 2. The number of carbonyl (C=O) groups is 1. The van der Waals surface area contributed by atoms with Gasteiger partial charge in [0, 0.05) is 5.92 Å². The van der Waals surface area contributed by atoms with Crippen molar-refractivity contribution in [2.75, 3.05) is 12.0 Å². The number of aromatic nitrogens is 1. The normalized spacial score (nSPS) is 11.2. The van der Waals surface area contributed by atoms with Crippen LogP contribution in [0.5, 0.6) is 5.75 Å². The van der Waals surface area contributed by atoms with Gasteiger partial charge in [-0.15, -0.1) is 0 Å². The van der Waals surface area contributed by atoms with Crippen LogP contribution < -0.4 is 9.64 Å². The van der Waals surface area contributed by atoms with Crippen LogP contribution in [0.1, 0.15) is 19.6 Å². The molecular formula is C17H17ClN2O3S. The minimum Gasteiger partial charge on any atom is -0.494 e. The summed E-state index contributed by atoms with van der Waals surface area (Å²) in [5, 5.41) is 1.16. The standard InChI is InChI=1S/C17H17ClN2O3S/c1-10(2)16(21)20(9-11-5-4-8-23-11)17-19-14-13(22-3)7-6-12(18)15(14)24-17/h4-8,10H,9H2,1-3H3. The Morgan fingerprint density at radius 3 is 2.83 bits per heavy atom. The second-order valence-electron chi connectivity index (χ2n) is 5.58. The van der Waals surface area contributed by atoms with Crippen LogP contribution in [-0.2, 0) is 11.3 Å². The van der Waals surface area contributed by atoms with Crippen molar-refractivity contribution in [3.63, 3.8) is 0 Å². The molecule has 0 N–H and O–H groups in total. The van der Waals surface area contributed by atoms with Gasteiger partial charge in [0.2, 0.25) is 5.91 Å². The second-order valence-corrected chi connectivity index (χ2v) is 6.97. The number of carbonyl (C=O) groups excluding carboxylic acids is 1. The highest BCUT2D eigenvalue weighted by atomic mass is 35.5. The van der Waals surface area contributed by atoms with Crippen LogP contribution in [0.2, 0.25) is 5.02 Å². The zero-order valence-electron chi connectivity index (χ0n) is 13.6. The van der Waals surface area contributed by atoms with Crippen molar-refractivity contribution in [3.8, 4) is 5.75 Å². The first-order valence-corrected chi connectivity index (χ1v) is 8.67. The van der Waals surface area contributed by atoms with Crippen LogP contribution in [0.3, 0.4) is 0 Å². The molecule has 5 nitrogen and oxygen atoms in total. The van der Waals surface area contributed by atoms with Crippen molar-refractivity contribution in [2.24, 2.45) is 5.92 Å². The SMILES string of the molecule is COc1ccc(Cl)c2sc(N(Cc3ccco3)C(=O)C(C)C)nc12. The third-order valence-electron chi connectivity index (χ3n) is 3.55. The summed E-state index contributed by atoms with van der Waals surface area (Å²) in [5.74, 6) is 1.14. The minimum atomic E-state index is -0.163. The molecule has 3 aromatic rings. The number of rotatable bonds is 5. The van der Waals surface area contributed by atoms with E-state index >= 15 is 0 Å². The molecule has 0 unspecified atom stereocenters. The number of anilines is 1. The third kappa shape index (κ3) is 3.12. The molecule has 0 atom stereocenters. The molecule has 7 heteroatoms. The predicted octanol–water partition coefficient (Wildman–Crippen LogP) is 4.74. The van der Waals surface area contributed by atoms with Gasteiger partial charge in [0.25, 0.3) is 0 Å². The number of halogens is 1. The fourth-order valence-electron chi connectivity index (χ4n) is 2.33. The van der Waals surface area contributed by atoms with Gasteiger partial charge in [-0.25, -0.2) is 4.98 Å². The molecule has 0 bridgehead atoms. The van der Waals surface area contributed by atoms with E-state index in [0.29, 0.717) is 33.7 Å². The van der Waals surface area contributed by atoms with Gasteiger partial charge in [-0.2, -0.15) is 0 Å². The van der Waals surface area contributed by atoms with Gasteiger partial charge >= 0.3 is 0 Å². The highest BCUT2D eigenvalue weighted by Gasteiger charge is 2.24. The lowest BCUT2D eigenvalue weighted by atomic mass is 10.2. The van der Waals surface area contributed by atoms with Gasteiger partial charge in [-0.1, -0.05) is 36.8 Å². The second kappa shape index (κ2) is 6.83. The maximum absolute atomic E-state index is 12.7. The van der Waals surface area contributed by atoms with Crippen LogP contribution in [0.15, 0.2) is 34.9 Å². The Morgan fingerprint density at radius 1 is 1.42 bits per heavy atom. The van der Waals surface area contributed by atoms with E-state index in [0.717, 1.165) is 4.70 Å². The summed E-state index contributed by atoms with van der Waals surface area (Å²) in [7, 11) is 1.58. The van der Waals surface area contributed by atoms with Crippen molar-refractivity contribution >= 4 is 44.2 Å². The first kappa shape index (κ1) is 16.8. The number of furan rings is 1. The summed E-state index contributed by atoms with van der Waals surface area (Å²) < 4.78 is 11.5. The summed E-state index contributed by atoms with van der Waals surface area (Å²) in [6.45, 7) is 4.04. The van der Waals surface area contributed by atoms with E-state index in [-0.39, 0.29) is 11.8 Å². The van der Waals surface area contributed by atoms with Gasteiger partial charge in [-0.3, -0.25) is 9.69 Å². The topological polar surface area (TPSA) is 55.6 Å². The Morgan fingerprint density at radius 2 is 2.21 bits per heavy atom. The molecule has 0 fully saturated rings. The average Bonchev–Trinajstić information content (AvgIpc) is 3.22. The molecule has 0 aliphatic rings. The molecule has 0 aliphatic carbocycles. The number of hydrogen-bond acceptors (Lipinski definition) is 5. The largest absolute Gasteiger partial charge is 0.494 e. The zero-order valence-corrected chi connectivity index (χ0v) is 15.1. The summed E-state index contributed by atoms with van der Waals surface area (Å²) in [4.78, 5) is 18.9. The molecule has 24 heavy (non-hydrogen) atoms. The maximum Gasteiger partial charge on any atom is 0.231 e. The summed E-state index contributed by atoms with van der Waals surface area (Å²) in [6, 6.07) is 7.17. The molecule has 0 saturated heterocycles. The van der Waals surface area contributed by atoms with E-state index in [1.807, 2.05) is 19.9 Å². The minimum absolute atomic E-state index is 0.0273. The Bertz CT molecular complexity index is 858. The fraction of sp³-hybridized carbons (Fsp3) is 0.294. The quantitative estimate of drug-likeness (QED) is 0.656. The Kier molecular flexibility index (Phi) is 4.78. The van der Waals surface area contributed by atoms with Crippen molar-refractivity contribution in [1.82, 2.24) is 4.98 Å². The molecule has 126 valence electrons. The molecule has 2 aromatic heterocycles. The fourth-order valence-corrected chi connectivity index (χ4v) is 3.59. The van der Waals surface area contributed by atoms with Gasteiger partial charge < -0.3 is 9.15 Å². The Balaban J connectivity index is 2.08. The lowest BCUT2D eigenvalue weighted by Crippen LogP contribution is -2.33. The van der Waals surface area contributed by atoms with Gasteiger partial charge in [0.15, 0.2) is 5.13 Å². The zero-order chi connectivity index (χ0) is 17.3. The van der Waals surface area contributed by atoms with E-state index in [9.17, 15) is 4.79 Å². The number of benzene rings is 1. The molecule has 1 amide bonds. The number of hydrogen-bond donors (Lipinski definition) is 0. The molecule has 2 heterocycles. The number of fused-ring (bicyclic) bond motifs is 1. The van der Waals surface area contributed by atoms with E-state index in [4.69, 9.17) is 20.8 Å². The van der Waals surface area contributed by atoms with E-state index in [2.05, 4.69) is 4.98 Å². The summed E-state index contributed by atoms with van der Waals surface area (Å²) >= 11 is 7.65. The number of thiazole rings is 1. The van der Waals surface area contributed by atoms with Gasteiger partial charge in [0.05, 0.1) is 29.6 Å². The van der Waals surface area contributed by atoms with Crippen molar-refractivity contribution in [2.45, 2.75) is 20.4 Å². The maximum atomic E-state index is 12.7. The lowest BCUT2D eigenvalue weighted by Gasteiger charge is -2.20. The molecule has 1 aromatic carbocycles. The molecule has 0 spiro atoms. The van der Waals surface area contributed by atoms with Crippen LogP contribution >= 0.6 is 22.9 Å². The molecular weight excluding hydrogens is 348 g/mol. The van der Waals surface area contributed by atoms with Gasteiger partial charge in [0.1, 0.15) is 17.0 Å². The van der Waals surface area contributed by atoms with E-state index < -0.39 is 0 Å².